The molecule has 0 amide bonds. The van der Waals surface area contributed by atoms with Gasteiger partial charge in [0, 0.05) is 18.9 Å². The van der Waals surface area contributed by atoms with Crippen LogP contribution in [0.3, 0.4) is 0 Å². The number of benzene rings is 1. The summed E-state index contributed by atoms with van der Waals surface area (Å²) in [5, 5.41) is 3.48. The number of nitrogens with one attached hydrogen (secondary N) is 1. The Kier molecular flexibility index (Phi) is 4.29. The molecule has 3 heterocycles. The molecule has 1 N–H and O–H groups in total. The minimum absolute atomic E-state index is 0.472. The van der Waals surface area contributed by atoms with E-state index >= 15 is 0 Å². The van der Waals surface area contributed by atoms with Crippen molar-refractivity contribution in [2.45, 2.75) is 25.9 Å². The molecule has 1 aromatic carbocycles. The number of hydrogen-bond acceptors (Lipinski definition) is 3. The second-order valence-corrected chi connectivity index (χ2v) is 7.18. The molecule has 1 unspecified atom stereocenters. The standard InChI is InChI=1S/C19H20BrN3O/c1-13-10-21-7-6-14-4-5-16(9-17(13)14)24-12-15-11-23-8-2-3-18(20)19(23)22-15/h2-5,8-9,11,13,21H,6-7,10,12H2,1H3. The lowest BCUT2D eigenvalue weighted by Crippen LogP contribution is -2.18. The van der Waals surface area contributed by atoms with Gasteiger partial charge in [-0.2, -0.15) is 0 Å². The Labute approximate surface area is 150 Å². The molecule has 3 aromatic rings. The van der Waals surface area contributed by atoms with Gasteiger partial charge in [-0.05, 0) is 70.2 Å². The zero-order valence-corrected chi connectivity index (χ0v) is 15.2. The molecule has 4 nitrogen and oxygen atoms in total. The first-order valence-electron chi connectivity index (χ1n) is 8.29. The van der Waals surface area contributed by atoms with Crippen molar-refractivity contribution in [1.82, 2.24) is 14.7 Å². The third-order valence-corrected chi connectivity index (χ3v) is 5.16. The van der Waals surface area contributed by atoms with Crippen LogP contribution in [0.25, 0.3) is 5.65 Å². The molecular weight excluding hydrogens is 366 g/mol. The molecule has 0 radical (unpaired) electrons. The average Bonchev–Trinajstić information content (AvgIpc) is 2.93. The first-order chi connectivity index (χ1) is 11.7. The molecule has 0 bridgehead atoms. The SMILES string of the molecule is CC1CNCCc2ccc(OCc3cn4cccc(Br)c4n3)cc21. The number of ether oxygens (including phenoxy) is 1. The Morgan fingerprint density at radius 1 is 1.38 bits per heavy atom. The van der Waals surface area contributed by atoms with E-state index in [4.69, 9.17) is 4.74 Å². The van der Waals surface area contributed by atoms with Crippen molar-refractivity contribution >= 4 is 21.6 Å². The van der Waals surface area contributed by atoms with Crippen molar-refractivity contribution < 1.29 is 4.74 Å². The van der Waals surface area contributed by atoms with E-state index in [9.17, 15) is 0 Å². The van der Waals surface area contributed by atoms with Crippen LogP contribution in [0.4, 0.5) is 0 Å². The molecular formula is C19H20BrN3O. The summed E-state index contributed by atoms with van der Waals surface area (Å²) in [5.41, 5.74) is 4.66. The second kappa shape index (κ2) is 6.57. The van der Waals surface area contributed by atoms with Crippen LogP contribution in [0.1, 0.15) is 29.7 Å². The largest absolute Gasteiger partial charge is 0.487 e. The highest BCUT2D eigenvalue weighted by Crippen LogP contribution is 2.27. The van der Waals surface area contributed by atoms with Gasteiger partial charge in [-0.3, -0.25) is 0 Å². The molecule has 1 atom stereocenters. The maximum Gasteiger partial charge on any atom is 0.151 e. The summed E-state index contributed by atoms with van der Waals surface area (Å²) in [5.74, 6) is 1.43. The lowest BCUT2D eigenvalue weighted by Gasteiger charge is -2.14. The Balaban J connectivity index is 1.54. The number of fused-ring (bicyclic) bond motifs is 2. The van der Waals surface area contributed by atoms with Gasteiger partial charge in [0.25, 0.3) is 0 Å². The van der Waals surface area contributed by atoms with Crippen LogP contribution in [0.5, 0.6) is 5.75 Å². The molecule has 5 heteroatoms. The average molecular weight is 386 g/mol. The van der Waals surface area contributed by atoms with Crippen LogP contribution in [0.15, 0.2) is 47.2 Å². The van der Waals surface area contributed by atoms with Crippen molar-refractivity contribution in [3.63, 3.8) is 0 Å². The van der Waals surface area contributed by atoms with E-state index < -0.39 is 0 Å². The highest BCUT2D eigenvalue weighted by Gasteiger charge is 2.15. The summed E-state index contributed by atoms with van der Waals surface area (Å²) in [6.07, 6.45) is 5.09. The highest BCUT2D eigenvalue weighted by atomic mass is 79.9. The molecule has 0 fully saturated rings. The summed E-state index contributed by atoms with van der Waals surface area (Å²) in [7, 11) is 0. The first-order valence-corrected chi connectivity index (χ1v) is 9.08. The lowest BCUT2D eigenvalue weighted by atomic mass is 9.95. The minimum atomic E-state index is 0.472. The Morgan fingerprint density at radius 2 is 2.29 bits per heavy atom. The van der Waals surface area contributed by atoms with Crippen molar-refractivity contribution in [2.75, 3.05) is 13.1 Å². The van der Waals surface area contributed by atoms with E-state index in [-0.39, 0.29) is 0 Å². The van der Waals surface area contributed by atoms with Gasteiger partial charge < -0.3 is 14.5 Å². The fourth-order valence-electron chi connectivity index (χ4n) is 3.26. The van der Waals surface area contributed by atoms with E-state index in [1.54, 1.807) is 0 Å². The Morgan fingerprint density at radius 3 is 3.17 bits per heavy atom. The van der Waals surface area contributed by atoms with Crippen LogP contribution in [-0.2, 0) is 13.0 Å². The fraction of sp³-hybridized carbons (Fsp3) is 0.316. The predicted molar refractivity (Wildman–Crippen MR) is 98.7 cm³/mol. The van der Waals surface area contributed by atoms with Crippen molar-refractivity contribution in [3.05, 3.63) is 64.0 Å². The molecule has 124 valence electrons. The van der Waals surface area contributed by atoms with E-state index in [2.05, 4.69) is 51.4 Å². The van der Waals surface area contributed by atoms with E-state index in [1.165, 1.54) is 11.1 Å². The van der Waals surface area contributed by atoms with Gasteiger partial charge in [0.15, 0.2) is 5.65 Å². The zero-order valence-electron chi connectivity index (χ0n) is 13.6. The summed E-state index contributed by atoms with van der Waals surface area (Å²) in [4.78, 5) is 4.63. The highest BCUT2D eigenvalue weighted by molar-refractivity contribution is 9.10. The van der Waals surface area contributed by atoms with Crippen molar-refractivity contribution in [2.24, 2.45) is 0 Å². The molecule has 24 heavy (non-hydrogen) atoms. The van der Waals surface area contributed by atoms with E-state index in [0.717, 1.165) is 41.1 Å². The molecule has 4 rings (SSSR count). The number of pyridine rings is 1. The molecule has 1 aliphatic heterocycles. The monoisotopic (exact) mass is 385 g/mol. The number of aromatic nitrogens is 2. The Hall–Kier alpha value is -1.85. The minimum Gasteiger partial charge on any atom is -0.487 e. The number of rotatable bonds is 3. The van der Waals surface area contributed by atoms with Crippen molar-refractivity contribution in [1.29, 1.82) is 0 Å². The van der Waals surface area contributed by atoms with Gasteiger partial charge in [-0.15, -0.1) is 0 Å². The normalized spacial score (nSPS) is 17.5. The van der Waals surface area contributed by atoms with Gasteiger partial charge >= 0.3 is 0 Å². The summed E-state index contributed by atoms with van der Waals surface area (Å²) in [6.45, 7) is 4.81. The molecule has 2 aromatic heterocycles. The summed E-state index contributed by atoms with van der Waals surface area (Å²) in [6, 6.07) is 10.5. The van der Waals surface area contributed by atoms with Gasteiger partial charge in [0.05, 0.1) is 10.2 Å². The molecule has 0 saturated carbocycles. The fourth-order valence-corrected chi connectivity index (χ4v) is 3.70. The third-order valence-electron chi connectivity index (χ3n) is 4.54. The molecule has 0 saturated heterocycles. The zero-order chi connectivity index (χ0) is 16.5. The summed E-state index contributed by atoms with van der Waals surface area (Å²) < 4.78 is 9.00. The van der Waals surface area contributed by atoms with Crippen LogP contribution in [0.2, 0.25) is 0 Å². The quantitative estimate of drug-likeness (QED) is 0.742. The maximum atomic E-state index is 6.01. The van der Waals surface area contributed by atoms with Crippen LogP contribution in [0, 0.1) is 0 Å². The van der Waals surface area contributed by atoms with Gasteiger partial charge in [-0.1, -0.05) is 13.0 Å². The molecule has 1 aliphatic rings. The Bertz CT molecular complexity index is 874. The first kappa shape index (κ1) is 15.7. The van der Waals surface area contributed by atoms with Crippen LogP contribution < -0.4 is 10.1 Å². The number of nitrogens with zero attached hydrogens (tertiary/aromatic N) is 2. The lowest BCUT2D eigenvalue weighted by molar-refractivity contribution is 0.301. The third kappa shape index (κ3) is 3.06. The number of imidazole rings is 1. The van der Waals surface area contributed by atoms with E-state index in [1.807, 2.05) is 28.9 Å². The number of hydrogen-bond donors (Lipinski definition) is 1. The van der Waals surface area contributed by atoms with E-state index in [0.29, 0.717) is 12.5 Å². The van der Waals surface area contributed by atoms with Gasteiger partial charge in [0.1, 0.15) is 12.4 Å². The van der Waals surface area contributed by atoms with Gasteiger partial charge in [0.2, 0.25) is 0 Å². The summed E-state index contributed by atoms with van der Waals surface area (Å²) >= 11 is 3.53. The second-order valence-electron chi connectivity index (χ2n) is 6.32. The number of halogens is 1. The van der Waals surface area contributed by atoms with Gasteiger partial charge in [-0.25, -0.2) is 4.98 Å². The maximum absolute atomic E-state index is 6.01. The van der Waals surface area contributed by atoms with Crippen LogP contribution >= 0.6 is 15.9 Å². The topological polar surface area (TPSA) is 38.6 Å². The van der Waals surface area contributed by atoms with Crippen LogP contribution in [-0.4, -0.2) is 22.5 Å². The smallest absolute Gasteiger partial charge is 0.151 e. The molecule has 0 spiro atoms. The predicted octanol–water partition coefficient (Wildman–Crippen LogP) is 3.93. The van der Waals surface area contributed by atoms with Crippen molar-refractivity contribution in [3.8, 4) is 5.75 Å². The molecule has 0 aliphatic carbocycles.